The summed E-state index contributed by atoms with van der Waals surface area (Å²) < 4.78 is 1.31. The van der Waals surface area contributed by atoms with Crippen LogP contribution in [0.3, 0.4) is 0 Å². The summed E-state index contributed by atoms with van der Waals surface area (Å²) >= 11 is 1.76. The van der Waals surface area contributed by atoms with E-state index in [1.54, 1.807) is 23.7 Å². The van der Waals surface area contributed by atoms with E-state index < -0.39 is 0 Å². The van der Waals surface area contributed by atoms with Crippen molar-refractivity contribution in [3.8, 4) is 0 Å². The van der Waals surface area contributed by atoms with Crippen molar-refractivity contribution in [2.24, 2.45) is 10.7 Å². The summed E-state index contributed by atoms with van der Waals surface area (Å²) in [5.74, 6) is 1.39. The third-order valence-corrected chi connectivity index (χ3v) is 5.28. The molecule has 7 heteroatoms. The minimum atomic E-state index is 0.610. The second-order valence-electron chi connectivity index (χ2n) is 5.99. The summed E-state index contributed by atoms with van der Waals surface area (Å²) in [5, 5.41) is 3.38. The van der Waals surface area contributed by atoms with E-state index in [9.17, 15) is 0 Å². The largest absolute Gasteiger partial charge is 0.370 e. The third kappa shape index (κ3) is 3.56. The minimum Gasteiger partial charge on any atom is -0.370 e. The van der Waals surface area contributed by atoms with Gasteiger partial charge in [-0.1, -0.05) is 6.07 Å². The van der Waals surface area contributed by atoms with Crippen molar-refractivity contribution in [2.75, 3.05) is 31.1 Å². The Bertz CT molecular complexity index is 867. The van der Waals surface area contributed by atoms with Gasteiger partial charge in [-0.05, 0) is 40.6 Å². The maximum atomic E-state index is 6.20. The van der Waals surface area contributed by atoms with E-state index in [1.165, 1.54) is 15.6 Å². The fourth-order valence-corrected chi connectivity index (χ4v) is 3.75. The van der Waals surface area contributed by atoms with Crippen molar-refractivity contribution >= 4 is 33.3 Å². The lowest BCUT2D eigenvalue weighted by Gasteiger charge is -2.35. The van der Waals surface area contributed by atoms with E-state index in [0.717, 1.165) is 32.1 Å². The van der Waals surface area contributed by atoms with Gasteiger partial charge in [0.1, 0.15) is 0 Å². The normalized spacial score (nSPS) is 15.8. The number of guanidine groups is 1. The molecular weight excluding hydrogens is 332 g/mol. The number of hydrogen-bond donors (Lipinski definition) is 1. The van der Waals surface area contributed by atoms with Crippen LogP contribution in [0.25, 0.3) is 10.1 Å². The Kier molecular flexibility index (Phi) is 4.47. The van der Waals surface area contributed by atoms with Crippen molar-refractivity contribution in [2.45, 2.75) is 6.54 Å². The molecule has 6 nitrogen and oxygen atoms in total. The number of aliphatic imine (C=N–C) groups is 1. The van der Waals surface area contributed by atoms with Gasteiger partial charge < -0.3 is 15.5 Å². The Labute approximate surface area is 150 Å². The number of anilines is 1. The number of hydrogen-bond acceptors (Lipinski definition) is 5. The second kappa shape index (κ2) is 7.06. The van der Waals surface area contributed by atoms with Crippen LogP contribution in [0.15, 0.2) is 53.1 Å². The smallest absolute Gasteiger partial charge is 0.225 e. The number of benzene rings is 1. The Morgan fingerprint density at radius 1 is 1.12 bits per heavy atom. The topological polar surface area (TPSA) is 70.6 Å². The van der Waals surface area contributed by atoms with Gasteiger partial charge in [0.05, 0.1) is 6.54 Å². The van der Waals surface area contributed by atoms with Crippen LogP contribution in [-0.4, -0.2) is 47.0 Å². The molecule has 0 amide bonds. The summed E-state index contributed by atoms with van der Waals surface area (Å²) in [6, 6.07) is 10.4. The Hall–Kier alpha value is -2.67. The summed E-state index contributed by atoms with van der Waals surface area (Å²) in [6.07, 6.45) is 3.55. The van der Waals surface area contributed by atoms with Gasteiger partial charge in [-0.15, -0.1) is 11.3 Å². The SMILES string of the molecule is NC(=NCc1ccc2sccc2c1)N1CCN(c2ncccn2)CC1. The maximum absolute atomic E-state index is 6.20. The summed E-state index contributed by atoms with van der Waals surface area (Å²) in [4.78, 5) is 17.5. The first kappa shape index (κ1) is 15.8. The molecule has 0 spiro atoms. The van der Waals surface area contributed by atoms with Gasteiger partial charge in [0.25, 0.3) is 0 Å². The van der Waals surface area contributed by atoms with E-state index >= 15 is 0 Å². The van der Waals surface area contributed by atoms with Crippen LogP contribution in [0.1, 0.15) is 5.56 Å². The number of rotatable bonds is 3. The lowest BCUT2D eigenvalue weighted by atomic mass is 10.2. The van der Waals surface area contributed by atoms with Crippen LogP contribution in [0.2, 0.25) is 0 Å². The predicted octanol–water partition coefficient (Wildman–Crippen LogP) is 2.33. The van der Waals surface area contributed by atoms with E-state index in [-0.39, 0.29) is 0 Å². The molecule has 0 atom stereocenters. The summed E-state index contributed by atoms with van der Waals surface area (Å²) in [6.45, 7) is 3.97. The van der Waals surface area contributed by atoms with Crippen molar-refractivity contribution in [1.82, 2.24) is 14.9 Å². The van der Waals surface area contributed by atoms with Gasteiger partial charge in [0.15, 0.2) is 5.96 Å². The van der Waals surface area contributed by atoms with E-state index in [4.69, 9.17) is 5.73 Å². The zero-order chi connectivity index (χ0) is 17.1. The van der Waals surface area contributed by atoms with Crippen LogP contribution in [-0.2, 0) is 6.54 Å². The molecule has 2 N–H and O–H groups in total. The number of thiophene rings is 1. The average molecular weight is 352 g/mol. The molecule has 1 fully saturated rings. The molecule has 0 radical (unpaired) electrons. The van der Waals surface area contributed by atoms with E-state index in [0.29, 0.717) is 12.5 Å². The van der Waals surface area contributed by atoms with Gasteiger partial charge in [0, 0.05) is 43.3 Å². The molecule has 1 aromatic carbocycles. The summed E-state index contributed by atoms with van der Waals surface area (Å²) in [7, 11) is 0. The molecule has 2 aromatic heterocycles. The maximum Gasteiger partial charge on any atom is 0.225 e. The molecule has 0 bridgehead atoms. The fraction of sp³-hybridized carbons (Fsp3) is 0.278. The lowest BCUT2D eigenvalue weighted by Crippen LogP contribution is -2.51. The summed E-state index contributed by atoms with van der Waals surface area (Å²) in [5.41, 5.74) is 7.39. The van der Waals surface area contributed by atoms with Crippen LogP contribution in [0, 0.1) is 0 Å². The number of fused-ring (bicyclic) bond motifs is 1. The first-order chi connectivity index (χ1) is 12.3. The Morgan fingerprint density at radius 2 is 1.92 bits per heavy atom. The number of nitrogens with zero attached hydrogens (tertiary/aromatic N) is 5. The molecule has 128 valence electrons. The third-order valence-electron chi connectivity index (χ3n) is 4.38. The molecule has 1 aliphatic heterocycles. The van der Waals surface area contributed by atoms with Gasteiger partial charge in [0.2, 0.25) is 5.95 Å². The van der Waals surface area contributed by atoms with E-state index in [1.807, 2.05) is 6.07 Å². The number of nitrogens with two attached hydrogens (primary N) is 1. The molecule has 25 heavy (non-hydrogen) atoms. The van der Waals surface area contributed by atoms with Crippen LogP contribution in [0.5, 0.6) is 0 Å². The zero-order valence-corrected chi connectivity index (χ0v) is 14.7. The Balaban J connectivity index is 1.36. The monoisotopic (exact) mass is 352 g/mol. The molecule has 0 saturated carbocycles. The minimum absolute atomic E-state index is 0.610. The van der Waals surface area contributed by atoms with E-state index in [2.05, 4.69) is 54.4 Å². The molecule has 3 heterocycles. The van der Waals surface area contributed by atoms with Crippen LogP contribution >= 0.6 is 11.3 Å². The second-order valence-corrected chi connectivity index (χ2v) is 6.94. The highest BCUT2D eigenvalue weighted by Gasteiger charge is 2.19. The number of piperazine rings is 1. The lowest BCUT2D eigenvalue weighted by molar-refractivity contribution is 0.378. The molecule has 3 aromatic rings. The van der Waals surface area contributed by atoms with Gasteiger partial charge in [-0.2, -0.15) is 0 Å². The zero-order valence-electron chi connectivity index (χ0n) is 13.9. The standard InChI is InChI=1S/C18H20N6S/c19-17(22-13-14-2-3-16-15(12-14)4-11-25-16)23-7-9-24(10-8-23)18-20-5-1-6-21-18/h1-6,11-12H,7-10,13H2,(H2,19,22). The highest BCUT2D eigenvalue weighted by Crippen LogP contribution is 2.22. The Morgan fingerprint density at radius 3 is 2.72 bits per heavy atom. The molecule has 4 rings (SSSR count). The highest BCUT2D eigenvalue weighted by molar-refractivity contribution is 7.17. The molecular formula is C18H20N6S. The van der Waals surface area contributed by atoms with Gasteiger partial charge in [-0.3, -0.25) is 0 Å². The van der Waals surface area contributed by atoms with Crippen LogP contribution < -0.4 is 10.6 Å². The van der Waals surface area contributed by atoms with Crippen molar-refractivity contribution < 1.29 is 0 Å². The average Bonchev–Trinajstić information content (AvgIpc) is 3.15. The number of aromatic nitrogens is 2. The highest BCUT2D eigenvalue weighted by atomic mass is 32.1. The first-order valence-electron chi connectivity index (χ1n) is 8.32. The van der Waals surface area contributed by atoms with Crippen molar-refractivity contribution in [3.63, 3.8) is 0 Å². The fourth-order valence-electron chi connectivity index (χ4n) is 2.98. The molecule has 1 aliphatic rings. The predicted molar refractivity (Wildman–Crippen MR) is 103 cm³/mol. The quantitative estimate of drug-likeness (QED) is 0.579. The van der Waals surface area contributed by atoms with Crippen molar-refractivity contribution in [3.05, 3.63) is 53.7 Å². The van der Waals surface area contributed by atoms with Gasteiger partial charge >= 0.3 is 0 Å². The molecule has 0 unspecified atom stereocenters. The first-order valence-corrected chi connectivity index (χ1v) is 9.20. The van der Waals surface area contributed by atoms with Crippen molar-refractivity contribution in [1.29, 1.82) is 0 Å². The molecule has 1 saturated heterocycles. The van der Waals surface area contributed by atoms with Gasteiger partial charge in [-0.25, -0.2) is 15.0 Å². The van der Waals surface area contributed by atoms with Crippen LogP contribution in [0.4, 0.5) is 5.95 Å². The molecule has 0 aliphatic carbocycles.